The standard InChI is InChI=1S/C14H14N2O2/c1-9-5-6-11(8-10(9)2)16-7-3-4-12(13(15)17)14(16)18/h3-8H,1-2H3,(H2,15,17). The van der Waals surface area contributed by atoms with Crippen LogP contribution >= 0.6 is 0 Å². The van der Waals surface area contributed by atoms with Crippen molar-refractivity contribution < 1.29 is 4.79 Å². The van der Waals surface area contributed by atoms with Crippen molar-refractivity contribution in [3.05, 3.63) is 63.6 Å². The second-order valence-electron chi connectivity index (χ2n) is 4.23. The fraction of sp³-hybridized carbons (Fsp3) is 0.143. The molecule has 92 valence electrons. The van der Waals surface area contributed by atoms with Gasteiger partial charge >= 0.3 is 0 Å². The zero-order valence-corrected chi connectivity index (χ0v) is 10.3. The third-order valence-electron chi connectivity index (χ3n) is 2.98. The molecule has 1 amide bonds. The molecule has 0 aliphatic rings. The summed E-state index contributed by atoms with van der Waals surface area (Å²) in [6.07, 6.45) is 1.62. The van der Waals surface area contributed by atoms with Gasteiger partial charge in [-0.3, -0.25) is 14.2 Å². The Morgan fingerprint density at radius 2 is 1.89 bits per heavy atom. The molecule has 0 saturated carbocycles. The van der Waals surface area contributed by atoms with E-state index >= 15 is 0 Å². The Kier molecular flexibility index (Phi) is 3.02. The lowest BCUT2D eigenvalue weighted by Gasteiger charge is -2.09. The molecule has 0 fully saturated rings. The number of amides is 1. The van der Waals surface area contributed by atoms with E-state index in [2.05, 4.69) is 0 Å². The van der Waals surface area contributed by atoms with E-state index in [0.29, 0.717) is 0 Å². The van der Waals surface area contributed by atoms with Crippen molar-refractivity contribution in [3.8, 4) is 5.69 Å². The van der Waals surface area contributed by atoms with Crippen LogP contribution in [0.25, 0.3) is 5.69 Å². The van der Waals surface area contributed by atoms with Crippen LogP contribution in [-0.2, 0) is 0 Å². The predicted octanol–water partition coefficient (Wildman–Crippen LogP) is 1.55. The molecule has 0 bridgehead atoms. The summed E-state index contributed by atoms with van der Waals surface area (Å²) < 4.78 is 1.42. The van der Waals surface area contributed by atoms with E-state index < -0.39 is 11.5 Å². The average molecular weight is 242 g/mol. The highest BCUT2D eigenvalue weighted by Crippen LogP contribution is 2.12. The summed E-state index contributed by atoms with van der Waals surface area (Å²) in [5.41, 5.74) is 7.73. The first-order valence-corrected chi connectivity index (χ1v) is 5.60. The molecule has 4 heteroatoms. The topological polar surface area (TPSA) is 65.1 Å². The number of aryl methyl sites for hydroxylation is 2. The highest BCUT2D eigenvalue weighted by Gasteiger charge is 2.09. The number of hydrogen-bond acceptors (Lipinski definition) is 2. The van der Waals surface area contributed by atoms with Gasteiger partial charge in [-0.2, -0.15) is 0 Å². The molecule has 4 nitrogen and oxygen atoms in total. The van der Waals surface area contributed by atoms with Crippen molar-refractivity contribution in [1.29, 1.82) is 0 Å². The van der Waals surface area contributed by atoms with Gasteiger partial charge in [0.1, 0.15) is 5.56 Å². The van der Waals surface area contributed by atoms with Gasteiger partial charge in [0.25, 0.3) is 11.5 Å². The maximum Gasteiger partial charge on any atom is 0.267 e. The second kappa shape index (κ2) is 4.49. The average Bonchev–Trinajstić information content (AvgIpc) is 2.33. The quantitative estimate of drug-likeness (QED) is 0.868. The Balaban J connectivity index is 2.65. The van der Waals surface area contributed by atoms with E-state index in [9.17, 15) is 9.59 Å². The maximum absolute atomic E-state index is 12.1. The van der Waals surface area contributed by atoms with Gasteiger partial charge in [0, 0.05) is 11.9 Å². The molecule has 0 atom stereocenters. The van der Waals surface area contributed by atoms with Gasteiger partial charge in [-0.15, -0.1) is 0 Å². The molecule has 1 heterocycles. The van der Waals surface area contributed by atoms with Crippen LogP contribution in [-0.4, -0.2) is 10.5 Å². The molecule has 0 unspecified atom stereocenters. The van der Waals surface area contributed by atoms with E-state index in [1.165, 1.54) is 10.6 Å². The lowest BCUT2D eigenvalue weighted by atomic mass is 10.1. The Morgan fingerprint density at radius 3 is 2.50 bits per heavy atom. The molecule has 0 saturated heterocycles. The van der Waals surface area contributed by atoms with E-state index in [1.807, 2.05) is 32.0 Å². The molecule has 2 N–H and O–H groups in total. The van der Waals surface area contributed by atoms with Crippen molar-refractivity contribution in [2.45, 2.75) is 13.8 Å². The van der Waals surface area contributed by atoms with Crippen LogP contribution in [0.2, 0.25) is 0 Å². The van der Waals surface area contributed by atoms with Crippen molar-refractivity contribution in [3.63, 3.8) is 0 Å². The molecule has 0 aliphatic carbocycles. The smallest absolute Gasteiger partial charge is 0.267 e. The minimum Gasteiger partial charge on any atom is -0.365 e. The van der Waals surface area contributed by atoms with Crippen molar-refractivity contribution in [2.75, 3.05) is 0 Å². The number of rotatable bonds is 2. The van der Waals surface area contributed by atoms with E-state index in [-0.39, 0.29) is 5.56 Å². The number of hydrogen-bond donors (Lipinski definition) is 1. The molecule has 2 aromatic rings. The number of carbonyl (C=O) groups excluding carboxylic acids is 1. The summed E-state index contributed by atoms with van der Waals surface area (Å²) in [6, 6.07) is 8.75. The summed E-state index contributed by atoms with van der Waals surface area (Å²) in [5, 5.41) is 0. The normalized spacial score (nSPS) is 10.3. The van der Waals surface area contributed by atoms with E-state index in [1.54, 1.807) is 12.3 Å². The third-order valence-corrected chi connectivity index (χ3v) is 2.98. The number of nitrogens with zero attached hydrogens (tertiary/aromatic N) is 1. The molecule has 0 aliphatic heterocycles. The van der Waals surface area contributed by atoms with Crippen LogP contribution in [0, 0.1) is 13.8 Å². The van der Waals surface area contributed by atoms with Crippen molar-refractivity contribution >= 4 is 5.91 Å². The maximum atomic E-state index is 12.1. The monoisotopic (exact) mass is 242 g/mol. The van der Waals surface area contributed by atoms with Gasteiger partial charge in [0.05, 0.1) is 0 Å². The van der Waals surface area contributed by atoms with Crippen LogP contribution in [0.3, 0.4) is 0 Å². The molecule has 0 spiro atoms. The molecule has 1 aromatic heterocycles. The molecule has 2 rings (SSSR count). The number of primary amides is 1. The minimum atomic E-state index is -0.710. The van der Waals surface area contributed by atoms with E-state index in [0.717, 1.165) is 16.8 Å². The van der Waals surface area contributed by atoms with Crippen LogP contribution in [0.1, 0.15) is 21.5 Å². The van der Waals surface area contributed by atoms with Gasteiger partial charge < -0.3 is 5.73 Å². The van der Waals surface area contributed by atoms with Gasteiger partial charge in [0.15, 0.2) is 0 Å². The highest BCUT2D eigenvalue weighted by atomic mass is 16.2. The summed E-state index contributed by atoms with van der Waals surface area (Å²) >= 11 is 0. The first-order chi connectivity index (χ1) is 8.50. The predicted molar refractivity (Wildman–Crippen MR) is 70.0 cm³/mol. The van der Waals surface area contributed by atoms with Crippen molar-refractivity contribution in [2.24, 2.45) is 5.73 Å². The Hall–Kier alpha value is -2.36. The minimum absolute atomic E-state index is 0.00396. The molecular weight excluding hydrogens is 228 g/mol. The Labute approximate surface area is 105 Å². The molecule has 0 radical (unpaired) electrons. The third kappa shape index (κ3) is 2.05. The number of carbonyl (C=O) groups is 1. The Bertz CT molecular complexity index is 672. The fourth-order valence-corrected chi connectivity index (χ4v) is 1.76. The summed E-state index contributed by atoms with van der Waals surface area (Å²) in [5.74, 6) is -0.710. The number of nitrogens with two attached hydrogens (primary N) is 1. The summed E-state index contributed by atoms with van der Waals surface area (Å²) in [6.45, 7) is 3.98. The van der Waals surface area contributed by atoms with Gasteiger partial charge in [-0.1, -0.05) is 6.07 Å². The summed E-state index contributed by atoms with van der Waals surface area (Å²) in [4.78, 5) is 23.2. The zero-order valence-electron chi connectivity index (χ0n) is 10.3. The Morgan fingerprint density at radius 1 is 1.17 bits per heavy atom. The first-order valence-electron chi connectivity index (χ1n) is 5.60. The van der Waals surface area contributed by atoms with Gasteiger partial charge in [0.2, 0.25) is 0 Å². The first kappa shape index (κ1) is 12.1. The molecular formula is C14H14N2O2. The highest BCUT2D eigenvalue weighted by molar-refractivity contribution is 5.92. The van der Waals surface area contributed by atoms with E-state index in [4.69, 9.17) is 5.73 Å². The number of benzene rings is 1. The largest absolute Gasteiger partial charge is 0.365 e. The fourth-order valence-electron chi connectivity index (χ4n) is 1.76. The SMILES string of the molecule is Cc1ccc(-n2cccc(C(N)=O)c2=O)cc1C. The lowest BCUT2D eigenvalue weighted by Crippen LogP contribution is -2.28. The summed E-state index contributed by atoms with van der Waals surface area (Å²) in [7, 11) is 0. The van der Waals surface area contributed by atoms with Crippen LogP contribution in [0.4, 0.5) is 0 Å². The van der Waals surface area contributed by atoms with Crippen LogP contribution < -0.4 is 11.3 Å². The lowest BCUT2D eigenvalue weighted by molar-refractivity contribution is 0.0998. The van der Waals surface area contributed by atoms with Crippen LogP contribution in [0.5, 0.6) is 0 Å². The van der Waals surface area contributed by atoms with Gasteiger partial charge in [-0.05, 0) is 49.2 Å². The second-order valence-corrected chi connectivity index (χ2v) is 4.23. The van der Waals surface area contributed by atoms with Crippen LogP contribution in [0.15, 0.2) is 41.3 Å². The number of pyridine rings is 1. The van der Waals surface area contributed by atoms with Gasteiger partial charge in [-0.25, -0.2) is 0 Å². The molecule has 18 heavy (non-hydrogen) atoms. The molecule has 1 aromatic carbocycles. The zero-order chi connectivity index (χ0) is 13.3. The van der Waals surface area contributed by atoms with Crippen molar-refractivity contribution in [1.82, 2.24) is 4.57 Å². The number of aromatic nitrogens is 1.